The molecule has 1 N–H and O–H groups in total. The van der Waals surface area contributed by atoms with Gasteiger partial charge in [-0.25, -0.2) is 4.98 Å². The molecule has 0 bridgehead atoms. The maximum atomic E-state index is 8.86. The summed E-state index contributed by atoms with van der Waals surface area (Å²) >= 11 is 0. The highest BCUT2D eigenvalue weighted by Crippen LogP contribution is 2.17. The Hall–Kier alpha value is -3.20. The van der Waals surface area contributed by atoms with Gasteiger partial charge in [0.25, 0.3) is 0 Å². The minimum Gasteiger partial charge on any atom is -0.366 e. The predicted molar refractivity (Wildman–Crippen MR) is 80.7 cm³/mol. The largest absolute Gasteiger partial charge is 0.366 e. The van der Waals surface area contributed by atoms with Gasteiger partial charge in [0.1, 0.15) is 5.82 Å². The number of benzene rings is 1. The van der Waals surface area contributed by atoms with Crippen molar-refractivity contribution in [3.63, 3.8) is 0 Å². The molecule has 3 rings (SSSR count). The van der Waals surface area contributed by atoms with Crippen molar-refractivity contribution in [3.05, 3.63) is 59.6 Å². The molecule has 0 atom stereocenters. The first-order valence-electron chi connectivity index (χ1n) is 6.74. The first-order valence-corrected chi connectivity index (χ1v) is 6.74. The van der Waals surface area contributed by atoms with Crippen molar-refractivity contribution in [2.75, 3.05) is 5.32 Å². The second-order valence-corrected chi connectivity index (χ2v) is 4.73. The van der Waals surface area contributed by atoms with E-state index in [9.17, 15) is 0 Å². The van der Waals surface area contributed by atoms with Crippen LogP contribution in [0.4, 0.5) is 5.82 Å². The summed E-state index contributed by atoms with van der Waals surface area (Å²) in [5, 5.41) is 15.9. The molecule has 6 heteroatoms. The zero-order valence-corrected chi connectivity index (χ0v) is 11.9. The van der Waals surface area contributed by atoms with Crippen molar-refractivity contribution in [1.29, 1.82) is 5.26 Å². The molecule has 0 aliphatic rings. The van der Waals surface area contributed by atoms with Gasteiger partial charge in [-0.3, -0.25) is 0 Å². The molecule has 0 spiro atoms. The second-order valence-electron chi connectivity index (χ2n) is 4.73. The minimum atomic E-state index is 0.546. The monoisotopic (exact) mass is 291 g/mol. The molecule has 0 radical (unpaired) electrons. The van der Waals surface area contributed by atoms with E-state index < -0.39 is 0 Å². The van der Waals surface area contributed by atoms with Crippen LogP contribution >= 0.6 is 0 Å². The van der Waals surface area contributed by atoms with Crippen LogP contribution in [-0.2, 0) is 6.54 Å². The van der Waals surface area contributed by atoms with Crippen molar-refractivity contribution in [2.24, 2.45) is 0 Å². The second kappa shape index (κ2) is 6.06. The highest BCUT2D eigenvalue weighted by molar-refractivity contribution is 5.54. The van der Waals surface area contributed by atoms with Gasteiger partial charge < -0.3 is 9.84 Å². The third kappa shape index (κ3) is 3.10. The highest BCUT2D eigenvalue weighted by atomic mass is 16.5. The van der Waals surface area contributed by atoms with Crippen LogP contribution in [0.1, 0.15) is 17.0 Å². The Kier molecular flexibility index (Phi) is 3.79. The lowest BCUT2D eigenvalue weighted by molar-refractivity contribution is 0.394. The lowest BCUT2D eigenvalue weighted by Gasteiger charge is -2.06. The predicted octanol–water partition coefficient (Wildman–Crippen LogP) is 2.92. The summed E-state index contributed by atoms with van der Waals surface area (Å²) in [7, 11) is 0. The van der Waals surface area contributed by atoms with E-state index in [2.05, 4.69) is 26.5 Å². The Morgan fingerprint density at radius 2 is 2.05 bits per heavy atom. The van der Waals surface area contributed by atoms with Crippen molar-refractivity contribution < 1.29 is 4.52 Å². The molecule has 6 nitrogen and oxygen atoms in total. The molecule has 0 fully saturated rings. The lowest BCUT2D eigenvalue weighted by atomic mass is 10.1. The molecular weight excluding hydrogens is 278 g/mol. The van der Waals surface area contributed by atoms with Gasteiger partial charge in [0.15, 0.2) is 0 Å². The van der Waals surface area contributed by atoms with E-state index in [0.717, 1.165) is 11.1 Å². The molecule has 0 aliphatic carbocycles. The molecule has 1 aromatic carbocycles. The van der Waals surface area contributed by atoms with E-state index in [4.69, 9.17) is 9.78 Å². The Morgan fingerprint density at radius 3 is 2.73 bits per heavy atom. The summed E-state index contributed by atoms with van der Waals surface area (Å²) in [5.74, 6) is 1.81. The molecule has 0 saturated heterocycles. The average molecular weight is 291 g/mol. The third-order valence-corrected chi connectivity index (χ3v) is 3.10. The maximum Gasteiger partial charge on any atom is 0.223 e. The Balaban J connectivity index is 1.67. The SMILES string of the molecule is Cc1nc(-c2ccc(CNc3cc(C#N)ccn3)cc2)no1. The van der Waals surface area contributed by atoms with Gasteiger partial charge >= 0.3 is 0 Å². The fraction of sp³-hybridized carbons (Fsp3) is 0.125. The fourth-order valence-electron chi connectivity index (χ4n) is 1.98. The van der Waals surface area contributed by atoms with Crippen LogP contribution in [0.15, 0.2) is 47.1 Å². The van der Waals surface area contributed by atoms with Crippen LogP contribution in [0, 0.1) is 18.3 Å². The Bertz CT molecular complexity index is 817. The van der Waals surface area contributed by atoms with Gasteiger partial charge in [-0.1, -0.05) is 29.4 Å². The van der Waals surface area contributed by atoms with E-state index in [0.29, 0.717) is 29.6 Å². The van der Waals surface area contributed by atoms with Crippen molar-refractivity contribution in [2.45, 2.75) is 13.5 Å². The van der Waals surface area contributed by atoms with Gasteiger partial charge in [0.05, 0.1) is 11.6 Å². The highest BCUT2D eigenvalue weighted by Gasteiger charge is 2.05. The molecular formula is C16H13N5O. The first kappa shape index (κ1) is 13.8. The van der Waals surface area contributed by atoms with Crippen molar-refractivity contribution in [1.82, 2.24) is 15.1 Å². The molecule has 108 valence electrons. The molecule has 0 saturated carbocycles. The number of nitriles is 1. The molecule has 2 heterocycles. The smallest absolute Gasteiger partial charge is 0.223 e. The number of nitrogens with one attached hydrogen (secondary N) is 1. The maximum absolute atomic E-state index is 8.86. The topological polar surface area (TPSA) is 87.6 Å². The van der Waals surface area contributed by atoms with Crippen LogP contribution in [-0.4, -0.2) is 15.1 Å². The van der Waals surface area contributed by atoms with Gasteiger partial charge in [-0.2, -0.15) is 10.2 Å². The van der Waals surface area contributed by atoms with Crippen LogP contribution < -0.4 is 5.32 Å². The molecule has 3 aromatic rings. The molecule has 2 aromatic heterocycles. The van der Waals surface area contributed by atoms with Gasteiger partial charge in [0, 0.05) is 25.2 Å². The lowest BCUT2D eigenvalue weighted by Crippen LogP contribution is -2.01. The van der Waals surface area contributed by atoms with Gasteiger partial charge in [-0.05, 0) is 17.7 Å². The van der Waals surface area contributed by atoms with Gasteiger partial charge in [0.2, 0.25) is 11.7 Å². The normalized spacial score (nSPS) is 10.2. The number of anilines is 1. The number of aromatic nitrogens is 3. The van der Waals surface area contributed by atoms with E-state index in [-0.39, 0.29) is 0 Å². The minimum absolute atomic E-state index is 0.546. The summed E-state index contributed by atoms with van der Waals surface area (Å²) < 4.78 is 4.97. The van der Waals surface area contributed by atoms with E-state index >= 15 is 0 Å². The summed E-state index contributed by atoms with van der Waals surface area (Å²) in [6, 6.07) is 13.3. The van der Waals surface area contributed by atoms with Crippen LogP contribution in [0.2, 0.25) is 0 Å². The summed E-state index contributed by atoms with van der Waals surface area (Å²) in [4.78, 5) is 8.36. The third-order valence-electron chi connectivity index (χ3n) is 3.10. The standard InChI is InChI=1S/C16H13N5O/c1-11-20-16(21-22-11)14-4-2-12(3-5-14)10-19-15-8-13(9-17)6-7-18-15/h2-8H,10H2,1H3,(H,18,19). The summed E-state index contributed by atoms with van der Waals surface area (Å²) in [6.45, 7) is 2.38. The quantitative estimate of drug-likeness (QED) is 0.795. The average Bonchev–Trinajstić information content (AvgIpc) is 3.00. The zero-order chi connectivity index (χ0) is 15.4. The Morgan fingerprint density at radius 1 is 1.23 bits per heavy atom. The zero-order valence-electron chi connectivity index (χ0n) is 11.9. The fourth-order valence-corrected chi connectivity index (χ4v) is 1.98. The number of pyridine rings is 1. The molecule has 0 unspecified atom stereocenters. The van der Waals surface area contributed by atoms with Crippen LogP contribution in [0.3, 0.4) is 0 Å². The first-order chi connectivity index (χ1) is 10.7. The van der Waals surface area contributed by atoms with E-state index in [1.807, 2.05) is 24.3 Å². The van der Waals surface area contributed by atoms with E-state index in [1.54, 1.807) is 25.3 Å². The number of rotatable bonds is 4. The van der Waals surface area contributed by atoms with E-state index in [1.165, 1.54) is 0 Å². The number of nitrogens with zero attached hydrogens (tertiary/aromatic N) is 4. The summed E-state index contributed by atoms with van der Waals surface area (Å²) in [6.07, 6.45) is 1.61. The molecule has 0 amide bonds. The molecule has 0 aliphatic heterocycles. The Labute approximate surface area is 127 Å². The number of hydrogen-bond donors (Lipinski definition) is 1. The van der Waals surface area contributed by atoms with Crippen molar-refractivity contribution in [3.8, 4) is 17.5 Å². The van der Waals surface area contributed by atoms with Crippen LogP contribution in [0.25, 0.3) is 11.4 Å². The van der Waals surface area contributed by atoms with Gasteiger partial charge in [-0.15, -0.1) is 0 Å². The molecule has 22 heavy (non-hydrogen) atoms. The van der Waals surface area contributed by atoms with Crippen molar-refractivity contribution >= 4 is 5.82 Å². The van der Waals surface area contributed by atoms with Crippen LogP contribution in [0.5, 0.6) is 0 Å². The number of aryl methyl sites for hydroxylation is 1. The summed E-state index contributed by atoms with van der Waals surface area (Å²) in [5.41, 5.74) is 2.58. The number of hydrogen-bond acceptors (Lipinski definition) is 6.